The molecular formula is C27H22Cl3N5O. The van der Waals surface area contributed by atoms with Gasteiger partial charge in [-0.25, -0.2) is 9.99 Å². The van der Waals surface area contributed by atoms with Crippen LogP contribution in [0, 0.1) is 16.7 Å². The normalized spacial score (nSPS) is 19.4. The van der Waals surface area contributed by atoms with Crippen molar-refractivity contribution in [2.75, 3.05) is 5.43 Å². The van der Waals surface area contributed by atoms with Gasteiger partial charge in [-0.3, -0.25) is 10.2 Å². The number of hydrogen-bond acceptors (Lipinski definition) is 6. The summed E-state index contributed by atoms with van der Waals surface area (Å²) in [6.07, 6.45) is 0.898. The summed E-state index contributed by atoms with van der Waals surface area (Å²) in [4.78, 5) is 18.2. The van der Waals surface area contributed by atoms with E-state index in [1.54, 1.807) is 47.5 Å². The van der Waals surface area contributed by atoms with Gasteiger partial charge in [0.25, 0.3) is 0 Å². The van der Waals surface area contributed by atoms with E-state index in [1.807, 2.05) is 19.9 Å². The van der Waals surface area contributed by atoms with E-state index in [4.69, 9.17) is 40.5 Å². The number of nitrogens with zero attached hydrogens (tertiary/aromatic N) is 3. The molecule has 3 N–H and O–H groups in total. The van der Waals surface area contributed by atoms with E-state index < -0.39 is 5.92 Å². The average molecular weight is 539 g/mol. The number of allylic oxidation sites excluding steroid dienone is 3. The van der Waals surface area contributed by atoms with Crippen LogP contribution >= 0.6 is 34.8 Å². The zero-order valence-corrected chi connectivity index (χ0v) is 21.8. The van der Waals surface area contributed by atoms with Gasteiger partial charge < -0.3 is 5.73 Å². The van der Waals surface area contributed by atoms with Gasteiger partial charge in [0.05, 0.1) is 34.5 Å². The maximum Gasteiger partial charge on any atom is 0.162 e. The van der Waals surface area contributed by atoms with Crippen LogP contribution in [-0.2, 0) is 4.79 Å². The van der Waals surface area contributed by atoms with Crippen LogP contribution in [0.2, 0.25) is 15.2 Å². The van der Waals surface area contributed by atoms with E-state index >= 15 is 0 Å². The third kappa shape index (κ3) is 4.28. The quantitative estimate of drug-likeness (QED) is 0.350. The molecule has 9 heteroatoms. The van der Waals surface area contributed by atoms with Crippen molar-refractivity contribution in [3.8, 4) is 6.07 Å². The lowest BCUT2D eigenvalue weighted by atomic mass is 9.69. The molecule has 36 heavy (non-hydrogen) atoms. The molecular weight excluding hydrogens is 517 g/mol. The van der Waals surface area contributed by atoms with Crippen LogP contribution in [0.25, 0.3) is 10.9 Å². The monoisotopic (exact) mass is 537 g/mol. The Morgan fingerprint density at radius 2 is 1.78 bits per heavy atom. The molecule has 1 aliphatic carbocycles. The van der Waals surface area contributed by atoms with Gasteiger partial charge in [-0.1, -0.05) is 48.7 Å². The molecule has 1 atom stereocenters. The minimum atomic E-state index is -0.750. The number of carbonyl (C=O) groups is 1. The van der Waals surface area contributed by atoms with Gasteiger partial charge in [-0.2, -0.15) is 5.26 Å². The minimum Gasteiger partial charge on any atom is -0.383 e. The van der Waals surface area contributed by atoms with Crippen molar-refractivity contribution in [1.82, 2.24) is 9.99 Å². The summed E-state index contributed by atoms with van der Waals surface area (Å²) in [5.41, 5.74) is 12.9. The Hall–Kier alpha value is -3.24. The Kier molecular flexibility index (Phi) is 6.12. The molecule has 0 spiro atoms. The maximum atomic E-state index is 13.7. The fourth-order valence-electron chi connectivity index (χ4n) is 4.94. The number of nitrogens with one attached hydrogen (secondary N) is 1. The van der Waals surface area contributed by atoms with Crippen LogP contribution in [0.1, 0.15) is 38.2 Å². The second-order valence-corrected chi connectivity index (χ2v) is 11.0. The highest BCUT2D eigenvalue weighted by molar-refractivity contribution is 6.32. The number of anilines is 1. The van der Waals surface area contributed by atoms with E-state index in [1.165, 1.54) is 0 Å². The van der Waals surface area contributed by atoms with Gasteiger partial charge >= 0.3 is 0 Å². The molecule has 0 saturated heterocycles. The summed E-state index contributed by atoms with van der Waals surface area (Å²) < 4.78 is 0. The predicted molar refractivity (Wildman–Crippen MR) is 143 cm³/mol. The van der Waals surface area contributed by atoms with Gasteiger partial charge in [0.1, 0.15) is 11.0 Å². The summed E-state index contributed by atoms with van der Waals surface area (Å²) in [6, 6.07) is 16.5. The van der Waals surface area contributed by atoms with Gasteiger partial charge in [0.2, 0.25) is 0 Å². The van der Waals surface area contributed by atoms with E-state index in [0.717, 1.165) is 5.39 Å². The summed E-state index contributed by atoms with van der Waals surface area (Å²) in [7, 11) is 0. The topological polar surface area (TPSA) is 95.0 Å². The van der Waals surface area contributed by atoms with Crippen molar-refractivity contribution in [2.24, 2.45) is 11.1 Å². The fraction of sp³-hybridized carbons (Fsp3) is 0.222. The first-order chi connectivity index (χ1) is 17.1. The van der Waals surface area contributed by atoms with Crippen molar-refractivity contribution in [3.63, 3.8) is 0 Å². The van der Waals surface area contributed by atoms with Crippen LogP contribution < -0.4 is 11.2 Å². The number of fused-ring (bicyclic) bond motifs is 1. The largest absolute Gasteiger partial charge is 0.383 e. The second kappa shape index (κ2) is 9.01. The van der Waals surface area contributed by atoms with Crippen molar-refractivity contribution in [2.45, 2.75) is 32.6 Å². The Labute approximate surface area is 223 Å². The molecule has 3 aromatic rings. The number of hydrogen-bond donors (Lipinski definition) is 2. The zero-order chi connectivity index (χ0) is 25.8. The number of pyridine rings is 1. The molecule has 0 amide bonds. The van der Waals surface area contributed by atoms with Crippen molar-refractivity contribution in [1.29, 1.82) is 5.26 Å². The lowest BCUT2D eigenvalue weighted by Crippen LogP contribution is -2.44. The molecule has 1 unspecified atom stereocenters. The first kappa shape index (κ1) is 24.5. The highest BCUT2D eigenvalue weighted by Gasteiger charge is 2.45. The number of nitrogens with two attached hydrogens (primary N) is 1. The molecule has 2 aliphatic rings. The number of Topliss-reactive ketones (excluding diaryl/α,β-unsaturated/α-hetero) is 1. The fourth-order valence-corrected chi connectivity index (χ4v) is 5.50. The Morgan fingerprint density at radius 1 is 1.08 bits per heavy atom. The molecule has 0 bridgehead atoms. The highest BCUT2D eigenvalue weighted by Crippen LogP contribution is 2.50. The Balaban J connectivity index is 1.73. The number of hydrazine groups is 1. The van der Waals surface area contributed by atoms with Gasteiger partial charge in [-0.15, -0.1) is 0 Å². The lowest BCUT2D eigenvalue weighted by molar-refractivity contribution is -0.118. The lowest BCUT2D eigenvalue weighted by Gasteiger charge is -2.43. The molecule has 182 valence electrons. The zero-order valence-electron chi connectivity index (χ0n) is 19.6. The summed E-state index contributed by atoms with van der Waals surface area (Å²) in [5.74, 6) is -0.610. The van der Waals surface area contributed by atoms with Crippen molar-refractivity contribution in [3.05, 3.63) is 92.0 Å². The number of aromatic nitrogens is 1. The molecule has 2 aromatic carbocycles. The molecule has 1 aliphatic heterocycles. The predicted octanol–water partition coefficient (Wildman–Crippen LogP) is 6.96. The minimum absolute atomic E-state index is 0.0586. The van der Waals surface area contributed by atoms with Crippen LogP contribution in [-0.4, -0.2) is 15.8 Å². The third-order valence-corrected chi connectivity index (χ3v) is 7.32. The molecule has 0 saturated carbocycles. The highest BCUT2D eigenvalue weighted by atomic mass is 35.5. The molecule has 0 radical (unpaired) electrons. The van der Waals surface area contributed by atoms with Crippen LogP contribution in [0.3, 0.4) is 0 Å². The van der Waals surface area contributed by atoms with Gasteiger partial charge in [-0.05, 0) is 60.4 Å². The van der Waals surface area contributed by atoms with E-state index in [0.29, 0.717) is 50.9 Å². The number of halogens is 3. The number of carbonyl (C=O) groups excluding carboxylic acids is 1. The number of nitriles is 1. The first-order valence-electron chi connectivity index (χ1n) is 11.3. The van der Waals surface area contributed by atoms with Crippen LogP contribution in [0.15, 0.2) is 71.2 Å². The van der Waals surface area contributed by atoms with E-state index in [2.05, 4.69) is 16.5 Å². The number of benzene rings is 2. The van der Waals surface area contributed by atoms with Crippen molar-refractivity contribution < 1.29 is 4.79 Å². The number of rotatable bonds is 3. The summed E-state index contributed by atoms with van der Waals surface area (Å²) in [5, 5.41) is 14.0. The molecule has 0 fully saturated rings. The smallest absolute Gasteiger partial charge is 0.162 e. The average Bonchev–Trinajstić information content (AvgIpc) is 2.81. The second-order valence-electron chi connectivity index (χ2n) is 9.80. The van der Waals surface area contributed by atoms with Crippen LogP contribution in [0.4, 0.5) is 5.69 Å². The maximum absolute atomic E-state index is 13.7. The van der Waals surface area contributed by atoms with Gasteiger partial charge in [0, 0.05) is 33.0 Å². The summed E-state index contributed by atoms with van der Waals surface area (Å²) >= 11 is 18.9. The molecule has 1 aromatic heterocycles. The third-order valence-electron chi connectivity index (χ3n) is 6.53. The van der Waals surface area contributed by atoms with E-state index in [-0.39, 0.29) is 27.7 Å². The van der Waals surface area contributed by atoms with Gasteiger partial charge in [0.15, 0.2) is 5.78 Å². The molecule has 5 rings (SSSR count). The Morgan fingerprint density at radius 3 is 2.47 bits per heavy atom. The van der Waals surface area contributed by atoms with Crippen LogP contribution in [0.5, 0.6) is 0 Å². The SMILES string of the molecule is CC1(C)CC(=O)C2=C(C1)N(Nc1ccc(Cl)cc1)C(N)=C(C#N)C2c1cc2cc(Cl)ccc2nc1Cl. The Bertz CT molecular complexity index is 1520. The molecule has 2 heterocycles. The van der Waals surface area contributed by atoms with E-state index in [9.17, 15) is 10.1 Å². The standard InChI is InChI=1S/C27H22Cl3N5O/c1-27(2)11-21-24(22(36)12-27)23(18-10-14-9-16(29)5-8-20(14)33-25(18)30)19(13-31)26(32)35(21)34-17-6-3-15(28)4-7-17/h3-10,23,34H,11-12,32H2,1-2H3. The summed E-state index contributed by atoms with van der Waals surface area (Å²) in [6.45, 7) is 4.08. The molecule has 6 nitrogen and oxygen atoms in total. The first-order valence-corrected chi connectivity index (χ1v) is 12.5. The number of ketones is 1. The van der Waals surface area contributed by atoms with Crippen molar-refractivity contribution >= 4 is 57.2 Å².